The normalized spacial score (nSPS) is 12.0. The molecule has 0 aliphatic heterocycles. The highest BCUT2D eigenvalue weighted by molar-refractivity contribution is 6.31. The number of likely N-dealkylation sites (N-methyl/N-ethyl adjacent to an activating group) is 1. The summed E-state index contributed by atoms with van der Waals surface area (Å²) in [6.45, 7) is 4.63. The van der Waals surface area contributed by atoms with Gasteiger partial charge in [0.05, 0.1) is 13.7 Å². The summed E-state index contributed by atoms with van der Waals surface area (Å²) >= 11 is 6.16. The SMILES string of the molecule is CCNC(C(=O)OCC)c1c(Cl)cccc1OC. The Morgan fingerprint density at radius 2 is 2.17 bits per heavy atom. The molecule has 4 nitrogen and oxygen atoms in total. The van der Waals surface area contributed by atoms with Crippen molar-refractivity contribution in [2.24, 2.45) is 0 Å². The highest BCUT2D eigenvalue weighted by atomic mass is 35.5. The van der Waals surface area contributed by atoms with E-state index in [9.17, 15) is 4.79 Å². The molecule has 5 heteroatoms. The standard InChI is InChI=1S/C13H18ClNO3/c1-4-15-12(13(16)18-5-2)11-9(14)7-6-8-10(11)17-3/h6-8,12,15H,4-5H2,1-3H3. The van der Waals surface area contributed by atoms with Crippen LogP contribution in [-0.4, -0.2) is 26.2 Å². The summed E-state index contributed by atoms with van der Waals surface area (Å²) in [5, 5.41) is 3.54. The number of methoxy groups -OCH3 is 1. The number of carbonyl (C=O) groups is 1. The van der Waals surface area contributed by atoms with Crippen molar-refractivity contribution in [2.45, 2.75) is 19.9 Å². The Bertz CT molecular complexity index is 409. The van der Waals surface area contributed by atoms with E-state index in [4.69, 9.17) is 21.1 Å². The maximum absolute atomic E-state index is 12.0. The fraction of sp³-hybridized carbons (Fsp3) is 0.462. The predicted molar refractivity (Wildman–Crippen MR) is 71.1 cm³/mol. The third-order valence-electron chi connectivity index (χ3n) is 2.45. The van der Waals surface area contributed by atoms with Crippen LogP contribution >= 0.6 is 11.6 Å². The van der Waals surface area contributed by atoms with Gasteiger partial charge in [-0.3, -0.25) is 0 Å². The zero-order valence-corrected chi connectivity index (χ0v) is 11.6. The zero-order valence-electron chi connectivity index (χ0n) is 10.8. The molecule has 0 aliphatic rings. The van der Waals surface area contributed by atoms with Crippen molar-refractivity contribution >= 4 is 17.6 Å². The molecule has 0 aliphatic carbocycles. The maximum atomic E-state index is 12.0. The second-order valence-electron chi connectivity index (χ2n) is 3.60. The summed E-state index contributed by atoms with van der Waals surface area (Å²) in [7, 11) is 1.54. The molecule has 1 aromatic carbocycles. The number of esters is 1. The first-order valence-corrected chi connectivity index (χ1v) is 6.25. The van der Waals surface area contributed by atoms with E-state index >= 15 is 0 Å². The van der Waals surface area contributed by atoms with E-state index < -0.39 is 6.04 Å². The minimum atomic E-state index is -0.612. The summed E-state index contributed by atoms with van der Waals surface area (Å²) in [6, 6.07) is 4.66. The Balaban J connectivity index is 3.15. The molecule has 0 heterocycles. The minimum absolute atomic E-state index is 0.327. The fourth-order valence-electron chi connectivity index (χ4n) is 1.71. The number of ether oxygens (including phenoxy) is 2. The molecule has 100 valence electrons. The first-order chi connectivity index (χ1) is 8.65. The van der Waals surface area contributed by atoms with Crippen LogP contribution in [0.4, 0.5) is 0 Å². The monoisotopic (exact) mass is 271 g/mol. The Kier molecular flexibility index (Phi) is 5.95. The van der Waals surface area contributed by atoms with Crippen molar-refractivity contribution in [1.82, 2.24) is 5.32 Å². The second-order valence-corrected chi connectivity index (χ2v) is 4.01. The van der Waals surface area contributed by atoms with Crippen molar-refractivity contribution in [3.8, 4) is 5.75 Å². The van der Waals surface area contributed by atoms with Crippen LogP contribution in [0.5, 0.6) is 5.75 Å². The fourth-order valence-corrected chi connectivity index (χ4v) is 1.98. The van der Waals surface area contributed by atoms with E-state index in [0.717, 1.165) is 0 Å². The van der Waals surface area contributed by atoms with E-state index in [0.29, 0.717) is 29.5 Å². The Hall–Kier alpha value is -1.26. The number of carbonyl (C=O) groups excluding carboxylic acids is 1. The Morgan fingerprint density at radius 3 is 2.72 bits per heavy atom. The van der Waals surface area contributed by atoms with Crippen molar-refractivity contribution in [3.05, 3.63) is 28.8 Å². The Morgan fingerprint density at radius 1 is 1.44 bits per heavy atom. The molecule has 1 N–H and O–H groups in total. The van der Waals surface area contributed by atoms with Crippen LogP contribution in [0, 0.1) is 0 Å². The van der Waals surface area contributed by atoms with Gasteiger partial charge >= 0.3 is 5.97 Å². The van der Waals surface area contributed by atoms with Crippen molar-refractivity contribution in [2.75, 3.05) is 20.3 Å². The molecule has 0 amide bonds. The molecule has 1 aromatic rings. The lowest BCUT2D eigenvalue weighted by molar-refractivity contribution is -0.145. The zero-order chi connectivity index (χ0) is 13.5. The molecular weight excluding hydrogens is 254 g/mol. The van der Waals surface area contributed by atoms with Crippen LogP contribution in [0.15, 0.2) is 18.2 Å². The molecular formula is C13H18ClNO3. The average Bonchev–Trinajstić information content (AvgIpc) is 2.36. The lowest BCUT2D eigenvalue weighted by atomic mass is 10.1. The van der Waals surface area contributed by atoms with E-state index in [-0.39, 0.29) is 5.97 Å². The molecule has 0 spiro atoms. The summed E-state index contributed by atoms with van der Waals surface area (Å²) < 4.78 is 10.3. The third-order valence-corrected chi connectivity index (χ3v) is 2.78. The predicted octanol–water partition coefficient (Wildman–Crippen LogP) is 2.56. The smallest absolute Gasteiger partial charge is 0.327 e. The van der Waals surface area contributed by atoms with E-state index in [2.05, 4.69) is 5.32 Å². The van der Waals surface area contributed by atoms with Gasteiger partial charge in [0.2, 0.25) is 0 Å². The number of halogens is 1. The molecule has 1 atom stereocenters. The van der Waals surface area contributed by atoms with Gasteiger partial charge in [0, 0.05) is 10.6 Å². The van der Waals surface area contributed by atoms with Crippen LogP contribution in [0.1, 0.15) is 25.5 Å². The van der Waals surface area contributed by atoms with Crippen LogP contribution < -0.4 is 10.1 Å². The highest BCUT2D eigenvalue weighted by Crippen LogP contribution is 2.32. The van der Waals surface area contributed by atoms with E-state index in [1.807, 2.05) is 6.92 Å². The van der Waals surface area contributed by atoms with Crippen molar-refractivity contribution in [3.63, 3.8) is 0 Å². The second kappa shape index (κ2) is 7.24. The van der Waals surface area contributed by atoms with Gasteiger partial charge < -0.3 is 14.8 Å². The van der Waals surface area contributed by atoms with Gasteiger partial charge in [-0.1, -0.05) is 24.6 Å². The summed E-state index contributed by atoms with van der Waals surface area (Å²) in [4.78, 5) is 12.0. The number of hydrogen-bond donors (Lipinski definition) is 1. The lowest BCUT2D eigenvalue weighted by Crippen LogP contribution is -2.30. The number of rotatable bonds is 6. The van der Waals surface area contributed by atoms with Gasteiger partial charge in [-0.2, -0.15) is 0 Å². The van der Waals surface area contributed by atoms with Gasteiger partial charge in [-0.25, -0.2) is 4.79 Å². The van der Waals surface area contributed by atoms with E-state index in [1.54, 1.807) is 32.2 Å². The third kappa shape index (κ3) is 3.37. The molecule has 0 radical (unpaired) electrons. The molecule has 1 rings (SSSR count). The quantitative estimate of drug-likeness (QED) is 0.808. The maximum Gasteiger partial charge on any atom is 0.327 e. The highest BCUT2D eigenvalue weighted by Gasteiger charge is 2.26. The van der Waals surface area contributed by atoms with Gasteiger partial charge in [-0.15, -0.1) is 0 Å². The first kappa shape index (κ1) is 14.8. The molecule has 0 fully saturated rings. The number of benzene rings is 1. The van der Waals surface area contributed by atoms with Gasteiger partial charge in [0.25, 0.3) is 0 Å². The number of nitrogens with one attached hydrogen (secondary N) is 1. The molecule has 18 heavy (non-hydrogen) atoms. The van der Waals surface area contributed by atoms with Crippen LogP contribution in [0.25, 0.3) is 0 Å². The van der Waals surface area contributed by atoms with E-state index in [1.165, 1.54) is 0 Å². The average molecular weight is 272 g/mol. The largest absolute Gasteiger partial charge is 0.496 e. The lowest BCUT2D eigenvalue weighted by Gasteiger charge is -2.20. The van der Waals surface area contributed by atoms with Gasteiger partial charge in [0.1, 0.15) is 11.8 Å². The van der Waals surface area contributed by atoms with Gasteiger partial charge in [-0.05, 0) is 25.6 Å². The van der Waals surface area contributed by atoms with Crippen molar-refractivity contribution in [1.29, 1.82) is 0 Å². The minimum Gasteiger partial charge on any atom is -0.496 e. The molecule has 0 bridgehead atoms. The molecule has 1 unspecified atom stereocenters. The topological polar surface area (TPSA) is 47.6 Å². The molecule has 0 saturated heterocycles. The Labute approximate surface area is 112 Å². The summed E-state index contributed by atoms with van der Waals surface area (Å²) in [6.07, 6.45) is 0. The van der Waals surface area contributed by atoms with Crippen LogP contribution in [0.3, 0.4) is 0 Å². The molecule has 0 aromatic heterocycles. The van der Waals surface area contributed by atoms with Gasteiger partial charge in [0.15, 0.2) is 0 Å². The van der Waals surface area contributed by atoms with Crippen LogP contribution in [0.2, 0.25) is 5.02 Å². The summed E-state index contributed by atoms with van der Waals surface area (Å²) in [5.41, 5.74) is 0.613. The van der Waals surface area contributed by atoms with Crippen LogP contribution in [-0.2, 0) is 9.53 Å². The summed E-state index contributed by atoms with van der Waals surface area (Å²) in [5.74, 6) is 0.215. The molecule has 0 saturated carbocycles. The first-order valence-electron chi connectivity index (χ1n) is 5.88. The van der Waals surface area contributed by atoms with Crippen molar-refractivity contribution < 1.29 is 14.3 Å². The number of hydrogen-bond acceptors (Lipinski definition) is 4.